The lowest BCUT2D eigenvalue weighted by Gasteiger charge is -2.29. The molecule has 1 aliphatic heterocycles. The van der Waals surface area contributed by atoms with Crippen LogP contribution in [0.25, 0.3) is 0 Å². The SMILES string of the molecule is Cc1cc(N(C)C2CCSC2)c(CNC(C)(C)C)cn1. The van der Waals surface area contributed by atoms with Crippen LogP contribution in [-0.4, -0.2) is 35.1 Å². The summed E-state index contributed by atoms with van der Waals surface area (Å²) in [6.07, 6.45) is 3.32. The van der Waals surface area contributed by atoms with Crippen molar-refractivity contribution < 1.29 is 0 Å². The predicted octanol–water partition coefficient (Wildman–Crippen LogP) is 3.22. The van der Waals surface area contributed by atoms with Gasteiger partial charge in [-0.15, -0.1) is 0 Å². The number of aryl methyl sites for hydroxylation is 1. The van der Waals surface area contributed by atoms with Gasteiger partial charge in [0, 0.05) is 54.1 Å². The number of nitrogens with zero attached hydrogens (tertiary/aromatic N) is 2. The van der Waals surface area contributed by atoms with Gasteiger partial charge in [-0.05, 0) is 45.9 Å². The van der Waals surface area contributed by atoms with E-state index < -0.39 is 0 Å². The zero-order chi connectivity index (χ0) is 14.8. The van der Waals surface area contributed by atoms with Crippen LogP contribution in [0, 0.1) is 6.92 Å². The van der Waals surface area contributed by atoms with Gasteiger partial charge in [-0.1, -0.05) is 0 Å². The Morgan fingerprint density at radius 3 is 2.80 bits per heavy atom. The molecule has 0 bridgehead atoms. The van der Waals surface area contributed by atoms with Gasteiger partial charge in [-0.2, -0.15) is 11.8 Å². The molecule has 20 heavy (non-hydrogen) atoms. The van der Waals surface area contributed by atoms with E-state index in [1.807, 2.05) is 6.20 Å². The molecule has 0 spiro atoms. The zero-order valence-corrected chi connectivity index (χ0v) is 14.2. The Labute approximate surface area is 127 Å². The number of thioether (sulfide) groups is 1. The summed E-state index contributed by atoms with van der Waals surface area (Å²) in [7, 11) is 2.23. The molecule has 1 saturated heterocycles. The summed E-state index contributed by atoms with van der Waals surface area (Å²) in [6, 6.07) is 2.89. The molecule has 2 rings (SSSR count). The minimum absolute atomic E-state index is 0.129. The fourth-order valence-electron chi connectivity index (χ4n) is 2.42. The Morgan fingerprint density at radius 2 is 2.20 bits per heavy atom. The van der Waals surface area contributed by atoms with Crippen LogP contribution in [0.3, 0.4) is 0 Å². The Kier molecular flexibility index (Phi) is 4.97. The second kappa shape index (κ2) is 6.35. The predicted molar refractivity (Wildman–Crippen MR) is 89.7 cm³/mol. The van der Waals surface area contributed by atoms with E-state index in [0.717, 1.165) is 12.2 Å². The number of pyridine rings is 1. The number of nitrogens with one attached hydrogen (secondary N) is 1. The lowest BCUT2D eigenvalue weighted by Crippen LogP contribution is -2.37. The quantitative estimate of drug-likeness (QED) is 0.922. The maximum atomic E-state index is 4.48. The maximum Gasteiger partial charge on any atom is 0.0445 e. The van der Waals surface area contributed by atoms with E-state index in [2.05, 4.69) is 67.8 Å². The zero-order valence-electron chi connectivity index (χ0n) is 13.4. The van der Waals surface area contributed by atoms with Crippen LogP contribution >= 0.6 is 11.8 Å². The largest absolute Gasteiger partial charge is 0.370 e. The molecular weight excluding hydrogens is 266 g/mol. The van der Waals surface area contributed by atoms with Crippen molar-refractivity contribution in [2.75, 3.05) is 23.5 Å². The standard InChI is InChI=1S/C16H27N3S/c1-12-8-15(19(5)14-6-7-20-11-14)13(9-17-12)10-18-16(2,3)4/h8-9,14,18H,6-7,10-11H2,1-5H3. The van der Waals surface area contributed by atoms with Crippen molar-refractivity contribution in [3.05, 3.63) is 23.5 Å². The Balaban J connectivity index is 2.18. The molecule has 1 N–H and O–H groups in total. The maximum absolute atomic E-state index is 4.48. The van der Waals surface area contributed by atoms with Crippen molar-refractivity contribution in [2.45, 2.75) is 52.2 Å². The molecule has 112 valence electrons. The van der Waals surface area contributed by atoms with Crippen LogP contribution in [0.15, 0.2) is 12.3 Å². The normalized spacial score (nSPS) is 19.4. The van der Waals surface area contributed by atoms with Gasteiger partial charge in [0.15, 0.2) is 0 Å². The first kappa shape index (κ1) is 15.6. The molecule has 1 aromatic rings. The molecular formula is C16H27N3S. The van der Waals surface area contributed by atoms with Gasteiger partial charge in [-0.3, -0.25) is 4.98 Å². The van der Waals surface area contributed by atoms with Crippen molar-refractivity contribution >= 4 is 17.4 Å². The first-order valence-corrected chi connectivity index (χ1v) is 8.53. The topological polar surface area (TPSA) is 28.2 Å². The van der Waals surface area contributed by atoms with Crippen molar-refractivity contribution in [3.63, 3.8) is 0 Å². The third kappa shape index (κ3) is 4.13. The van der Waals surface area contributed by atoms with Crippen LogP contribution in [0.1, 0.15) is 38.4 Å². The molecule has 2 heterocycles. The van der Waals surface area contributed by atoms with Crippen molar-refractivity contribution in [1.82, 2.24) is 10.3 Å². The first-order chi connectivity index (χ1) is 9.37. The molecule has 0 amide bonds. The van der Waals surface area contributed by atoms with Crippen LogP contribution in [0.2, 0.25) is 0 Å². The fourth-order valence-corrected chi connectivity index (χ4v) is 3.69. The second-order valence-corrected chi connectivity index (χ2v) is 7.84. The van der Waals surface area contributed by atoms with E-state index in [1.54, 1.807) is 0 Å². The number of rotatable bonds is 4. The third-order valence-corrected chi connectivity index (χ3v) is 4.89. The third-order valence-electron chi connectivity index (χ3n) is 3.74. The lowest BCUT2D eigenvalue weighted by atomic mass is 10.1. The summed E-state index contributed by atoms with van der Waals surface area (Å²) in [5.74, 6) is 2.53. The number of anilines is 1. The highest BCUT2D eigenvalue weighted by Gasteiger charge is 2.22. The number of aromatic nitrogens is 1. The van der Waals surface area contributed by atoms with E-state index in [4.69, 9.17) is 0 Å². The first-order valence-electron chi connectivity index (χ1n) is 7.38. The van der Waals surface area contributed by atoms with Crippen LogP contribution in [-0.2, 0) is 6.54 Å². The van der Waals surface area contributed by atoms with Gasteiger partial charge in [-0.25, -0.2) is 0 Å². The molecule has 1 aromatic heterocycles. The monoisotopic (exact) mass is 293 g/mol. The van der Waals surface area contributed by atoms with Crippen LogP contribution in [0.4, 0.5) is 5.69 Å². The average molecular weight is 293 g/mol. The molecule has 0 saturated carbocycles. The van der Waals surface area contributed by atoms with Gasteiger partial charge < -0.3 is 10.2 Å². The smallest absolute Gasteiger partial charge is 0.0445 e. The van der Waals surface area contributed by atoms with E-state index in [1.165, 1.54) is 29.2 Å². The highest BCUT2D eigenvalue weighted by molar-refractivity contribution is 7.99. The second-order valence-electron chi connectivity index (χ2n) is 6.69. The summed E-state index contributed by atoms with van der Waals surface area (Å²) in [6.45, 7) is 9.54. The summed E-state index contributed by atoms with van der Waals surface area (Å²) in [5, 5.41) is 3.57. The summed E-state index contributed by atoms with van der Waals surface area (Å²) in [4.78, 5) is 6.93. The molecule has 1 aliphatic rings. The highest BCUT2D eigenvalue weighted by atomic mass is 32.2. The van der Waals surface area contributed by atoms with Crippen molar-refractivity contribution in [2.24, 2.45) is 0 Å². The molecule has 0 aromatic carbocycles. The Hall–Kier alpha value is -0.740. The summed E-state index contributed by atoms with van der Waals surface area (Å²) >= 11 is 2.06. The van der Waals surface area contributed by atoms with Crippen molar-refractivity contribution in [3.8, 4) is 0 Å². The molecule has 4 heteroatoms. The molecule has 0 aliphatic carbocycles. The van der Waals surface area contributed by atoms with Gasteiger partial charge in [0.1, 0.15) is 0 Å². The van der Waals surface area contributed by atoms with E-state index in [0.29, 0.717) is 6.04 Å². The van der Waals surface area contributed by atoms with Crippen LogP contribution < -0.4 is 10.2 Å². The van der Waals surface area contributed by atoms with Gasteiger partial charge in [0.2, 0.25) is 0 Å². The minimum atomic E-state index is 0.129. The Bertz CT molecular complexity index is 448. The summed E-state index contributed by atoms with van der Waals surface area (Å²) < 4.78 is 0. The average Bonchev–Trinajstić information content (AvgIpc) is 2.89. The van der Waals surface area contributed by atoms with Gasteiger partial charge in [0.25, 0.3) is 0 Å². The molecule has 1 unspecified atom stereocenters. The Morgan fingerprint density at radius 1 is 1.45 bits per heavy atom. The molecule has 1 fully saturated rings. The van der Waals surface area contributed by atoms with E-state index >= 15 is 0 Å². The van der Waals surface area contributed by atoms with Crippen molar-refractivity contribution in [1.29, 1.82) is 0 Å². The molecule has 1 atom stereocenters. The minimum Gasteiger partial charge on any atom is -0.370 e. The fraction of sp³-hybridized carbons (Fsp3) is 0.688. The summed E-state index contributed by atoms with van der Waals surface area (Å²) in [5.41, 5.74) is 3.85. The van der Waals surface area contributed by atoms with Gasteiger partial charge >= 0.3 is 0 Å². The molecule has 0 radical (unpaired) electrons. The van der Waals surface area contributed by atoms with E-state index in [-0.39, 0.29) is 5.54 Å². The molecule has 3 nitrogen and oxygen atoms in total. The highest BCUT2D eigenvalue weighted by Crippen LogP contribution is 2.28. The van der Waals surface area contributed by atoms with Crippen LogP contribution in [0.5, 0.6) is 0 Å². The lowest BCUT2D eigenvalue weighted by molar-refractivity contribution is 0.424. The number of hydrogen-bond acceptors (Lipinski definition) is 4. The number of hydrogen-bond donors (Lipinski definition) is 1. The van der Waals surface area contributed by atoms with Gasteiger partial charge in [0.05, 0.1) is 0 Å². The van der Waals surface area contributed by atoms with E-state index in [9.17, 15) is 0 Å².